The quantitative estimate of drug-likeness (QED) is 0.815. The van der Waals surface area contributed by atoms with Crippen LogP contribution < -0.4 is 5.32 Å². The number of hydrogen-bond donors (Lipinski definition) is 1. The third-order valence-electron chi connectivity index (χ3n) is 2.53. The average Bonchev–Trinajstić information content (AvgIpc) is 2.68. The van der Waals surface area contributed by atoms with E-state index in [4.69, 9.17) is 0 Å². The second kappa shape index (κ2) is 4.93. The minimum absolute atomic E-state index is 0.173. The Morgan fingerprint density at radius 1 is 1.44 bits per heavy atom. The van der Waals surface area contributed by atoms with Gasteiger partial charge in [0.05, 0.1) is 5.75 Å². The van der Waals surface area contributed by atoms with Crippen molar-refractivity contribution in [3.8, 4) is 0 Å². The Morgan fingerprint density at radius 2 is 2.22 bits per heavy atom. The molecule has 2 aromatic rings. The molecule has 0 radical (unpaired) electrons. The molecule has 7 heteroatoms. The number of fused-ring (bicyclic) bond motifs is 1. The molecule has 18 heavy (non-hydrogen) atoms. The Balaban J connectivity index is 1.98. The molecule has 0 saturated heterocycles. The highest BCUT2D eigenvalue weighted by molar-refractivity contribution is 7.90. The highest BCUT2D eigenvalue weighted by atomic mass is 32.2. The fourth-order valence-corrected chi connectivity index (χ4v) is 2.32. The van der Waals surface area contributed by atoms with Gasteiger partial charge in [0, 0.05) is 19.0 Å². The molecule has 2 rings (SSSR count). The van der Waals surface area contributed by atoms with Gasteiger partial charge >= 0.3 is 0 Å². The summed E-state index contributed by atoms with van der Waals surface area (Å²) in [5.41, 5.74) is 1.86. The second-order valence-electron chi connectivity index (χ2n) is 4.30. The van der Waals surface area contributed by atoms with Gasteiger partial charge in [0.25, 0.3) is 0 Å². The molecule has 1 N–H and O–H groups in total. The average molecular weight is 268 g/mol. The van der Waals surface area contributed by atoms with Crippen molar-refractivity contribution in [3.63, 3.8) is 0 Å². The lowest BCUT2D eigenvalue weighted by atomic mass is 10.3. The topological polar surface area (TPSA) is 76.4 Å². The summed E-state index contributed by atoms with van der Waals surface area (Å²) in [5, 5.41) is 7.28. The van der Waals surface area contributed by atoms with Crippen LogP contribution in [0.2, 0.25) is 0 Å². The van der Waals surface area contributed by atoms with Crippen molar-refractivity contribution in [1.29, 1.82) is 0 Å². The first kappa shape index (κ1) is 12.8. The molecule has 2 heterocycles. The molecule has 0 amide bonds. The molecule has 0 aromatic carbocycles. The number of nitrogens with zero attached hydrogens (tertiary/aromatic N) is 3. The van der Waals surface area contributed by atoms with Crippen LogP contribution in [0.5, 0.6) is 0 Å². The summed E-state index contributed by atoms with van der Waals surface area (Å²) < 4.78 is 23.6. The van der Waals surface area contributed by atoms with Crippen LogP contribution in [-0.4, -0.2) is 41.6 Å². The van der Waals surface area contributed by atoms with Crippen LogP contribution in [-0.2, 0) is 9.84 Å². The van der Waals surface area contributed by atoms with E-state index >= 15 is 0 Å². The van der Waals surface area contributed by atoms with Crippen molar-refractivity contribution in [1.82, 2.24) is 14.6 Å². The molecule has 0 aliphatic heterocycles. The van der Waals surface area contributed by atoms with Gasteiger partial charge in [-0.3, -0.25) is 0 Å². The normalized spacial score (nSPS) is 11.9. The zero-order valence-electron chi connectivity index (χ0n) is 10.4. The summed E-state index contributed by atoms with van der Waals surface area (Å²) >= 11 is 0. The number of aromatic nitrogens is 3. The fourth-order valence-electron chi connectivity index (χ4n) is 1.65. The second-order valence-corrected chi connectivity index (χ2v) is 6.56. The molecular formula is C11H16N4O2S. The minimum atomic E-state index is -2.90. The van der Waals surface area contributed by atoms with Gasteiger partial charge in [-0.15, -0.1) is 5.10 Å². The zero-order valence-corrected chi connectivity index (χ0v) is 11.2. The van der Waals surface area contributed by atoms with Crippen LogP contribution >= 0.6 is 0 Å². The number of rotatable bonds is 5. The Labute approximate surface area is 106 Å². The number of nitrogens with one attached hydrogen (secondary N) is 1. The molecule has 0 saturated carbocycles. The molecule has 0 aliphatic carbocycles. The summed E-state index contributed by atoms with van der Waals surface area (Å²) in [6.07, 6.45) is 3.61. The van der Waals surface area contributed by atoms with Crippen molar-refractivity contribution < 1.29 is 8.42 Å². The Kier molecular flexibility index (Phi) is 3.51. The first-order chi connectivity index (χ1) is 8.46. The first-order valence-electron chi connectivity index (χ1n) is 5.69. The maximum atomic E-state index is 11.0. The zero-order chi connectivity index (χ0) is 13.2. The molecular weight excluding hydrogens is 252 g/mol. The highest BCUT2D eigenvalue weighted by Crippen LogP contribution is 2.09. The monoisotopic (exact) mass is 268 g/mol. The van der Waals surface area contributed by atoms with E-state index in [0.717, 1.165) is 11.2 Å². The molecule has 0 atom stereocenters. The molecule has 0 unspecified atom stereocenters. The van der Waals surface area contributed by atoms with E-state index < -0.39 is 9.84 Å². The van der Waals surface area contributed by atoms with Crippen LogP contribution in [0.15, 0.2) is 18.3 Å². The van der Waals surface area contributed by atoms with Crippen LogP contribution in [0, 0.1) is 6.92 Å². The van der Waals surface area contributed by atoms with Gasteiger partial charge in [-0.2, -0.15) is 4.98 Å². The van der Waals surface area contributed by atoms with Gasteiger partial charge in [-0.1, -0.05) is 6.07 Å². The van der Waals surface area contributed by atoms with E-state index in [9.17, 15) is 8.42 Å². The lowest BCUT2D eigenvalue weighted by Crippen LogP contribution is -2.10. The van der Waals surface area contributed by atoms with E-state index in [0.29, 0.717) is 18.9 Å². The molecule has 0 bridgehead atoms. The third-order valence-corrected chi connectivity index (χ3v) is 3.56. The third kappa shape index (κ3) is 3.19. The van der Waals surface area contributed by atoms with E-state index in [2.05, 4.69) is 15.4 Å². The molecule has 2 aromatic heterocycles. The molecule has 98 valence electrons. The number of aryl methyl sites for hydroxylation is 1. The molecule has 0 aliphatic rings. The lowest BCUT2D eigenvalue weighted by Gasteiger charge is -1.99. The van der Waals surface area contributed by atoms with Gasteiger partial charge in [-0.25, -0.2) is 12.9 Å². The van der Waals surface area contributed by atoms with Crippen LogP contribution in [0.1, 0.15) is 12.0 Å². The summed E-state index contributed by atoms with van der Waals surface area (Å²) in [6, 6.07) is 3.88. The Hall–Kier alpha value is -1.63. The van der Waals surface area contributed by atoms with Gasteiger partial charge in [0.15, 0.2) is 5.65 Å². The molecule has 6 nitrogen and oxygen atoms in total. The van der Waals surface area contributed by atoms with E-state index in [-0.39, 0.29) is 5.75 Å². The highest BCUT2D eigenvalue weighted by Gasteiger charge is 2.05. The van der Waals surface area contributed by atoms with Crippen molar-refractivity contribution in [3.05, 3.63) is 23.9 Å². The van der Waals surface area contributed by atoms with E-state index in [1.54, 1.807) is 4.52 Å². The van der Waals surface area contributed by atoms with Gasteiger partial charge in [0.2, 0.25) is 5.95 Å². The van der Waals surface area contributed by atoms with Gasteiger partial charge in [0.1, 0.15) is 9.84 Å². The standard InChI is InChI=1S/C11H16N4O2S/c1-9-5-3-7-15-10(9)13-11(14-15)12-6-4-8-18(2,16)17/h3,5,7H,4,6,8H2,1-2H3,(H,12,14). The SMILES string of the molecule is Cc1cccn2nc(NCCCS(C)(=O)=O)nc12. The number of anilines is 1. The summed E-state index contributed by atoms with van der Waals surface area (Å²) in [6.45, 7) is 2.51. The predicted molar refractivity (Wildman–Crippen MR) is 70.5 cm³/mol. The maximum absolute atomic E-state index is 11.0. The summed E-state index contributed by atoms with van der Waals surface area (Å²) in [5.74, 6) is 0.699. The van der Waals surface area contributed by atoms with E-state index in [1.807, 2.05) is 25.3 Å². The minimum Gasteiger partial charge on any atom is -0.353 e. The maximum Gasteiger partial charge on any atom is 0.243 e. The van der Waals surface area contributed by atoms with Crippen molar-refractivity contribution in [2.24, 2.45) is 0 Å². The van der Waals surface area contributed by atoms with Crippen molar-refractivity contribution in [2.75, 3.05) is 23.9 Å². The first-order valence-corrected chi connectivity index (χ1v) is 7.75. The summed E-state index contributed by atoms with van der Waals surface area (Å²) in [7, 11) is -2.90. The predicted octanol–water partition coefficient (Wildman–Crippen LogP) is 0.884. The number of hydrogen-bond acceptors (Lipinski definition) is 5. The number of sulfone groups is 1. The smallest absolute Gasteiger partial charge is 0.243 e. The Morgan fingerprint density at radius 3 is 2.89 bits per heavy atom. The van der Waals surface area contributed by atoms with Crippen molar-refractivity contribution in [2.45, 2.75) is 13.3 Å². The molecule has 0 spiro atoms. The van der Waals surface area contributed by atoms with Crippen LogP contribution in [0.25, 0.3) is 5.65 Å². The van der Waals surface area contributed by atoms with Gasteiger partial charge < -0.3 is 5.32 Å². The van der Waals surface area contributed by atoms with Crippen LogP contribution in [0.4, 0.5) is 5.95 Å². The molecule has 0 fully saturated rings. The van der Waals surface area contributed by atoms with Crippen molar-refractivity contribution >= 4 is 21.4 Å². The number of pyridine rings is 1. The lowest BCUT2D eigenvalue weighted by molar-refractivity contribution is 0.600. The largest absolute Gasteiger partial charge is 0.353 e. The van der Waals surface area contributed by atoms with E-state index in [1.165, 1.54) is 6.26 Å². The summed E-state index contributed by atoms with van der Waals surface area (Å²) in [4.78, 5) is 4.34. The fraction of sp³-hybridized carbons (Fsp3) is 0.455. The van der Waals surface area contributed by atoms with Gasteiger partial charge in [-0.05, 0) is 25.0 Å². The van der Waals surface area contributed by atoms with Crippen LogP contribution in [0.3, 0.4) is 0 Å². The Bertz CT molecular complexity index is 648.